The fourth-order valence-electron chi connectivity index (χ4n) is 6.94. The van der Waals surface area contributed by atoms with Crippen molar-refractivity contribution in [3.63, 3.8) is 0 Å². The zero-order valence-electron chi connectivity index (χ0n) is 39.6. The van der Waals surface area contributed by atoms with Crippen molar-refractivity contribution in [2.24, 2.45) is 22.7 Å². The summed E-state index contributed by atoms with van der Waals surface area (Å²) < 4.78 is 5.35. The molecule has 0 amide bonds. The fraction of sp³-hybridized carbons (Fsp3) is 0.396. The average Bonchev–Trinajstić information content (AvgIpc) is 3.24. The van der Waals surface area contributed by atoms with E-state index in [1.54, 1.807) is 6.07 Å². The highest BCUT2D eigenvalue weighted by molar-refractivity contribution is 6.33. The number of hydrogen-bond acceptors (Lipinski definition) is 9. The van der Waals surface area contributed by atoms with E-state index in [1.165, 1.54) is 18.2 Å². The number of Topliss-reactive ketones (excluding diaryl/α,β-unsaturated/α-hetero) is 2. The summed E-state index contributed by atoms with van der Waals surface area (Å²) in [7, 11) is 1.53. The van der Waals surface area contributed by atoms with Gasteiger partial charge >= 0.3 is 11.7 Å². The molecule has 342 valence electrons. The van der Waals surface area contributed by atoms with Crippen LogP contribution in [0.2, 0.25) is 10.0 Å². The number of rotatable bonds is 15. The molecule has 0 atom stereocenters. The number of aromatic nitrogens is 6. The Morgan fingerprint density at radius 1 is 0.569 bits per heavy atom. The summed E-state index contributed by atoms with van der Waals surface area (Å²) in [5, 5.41) is 1.01. The Labute approximate surface area is 394 Å². The normalized spacial score (nSPS) is 11.7. The summed E-state index contributed by atoms with van der Waals surface area (Å²) >= 11 is 13.0. The molecule has 0 aliphatic heterocycles. The van der Waals surface area contributed by atoms with E-state index in [0.29, 0.717) is 82.0 Å². The van der Waals surface area contributed by atoms with Gasteiger partial charge in [0.1, 0.15) is 17.4 Å². The molecule has 0 radical (unpaired) electrons. The van der Waals surface area contributed by atoms with Crippen molar-refractivity contribution in [3.8, 4) is 51.6 Å². The fourth-order valence-corrected chi connectivity index (χ4v) is 7.34. The van der Waals surface area contributed by atoms with Crippen LogP contribution in [0.5, 0.6) is 6.01 Å². The summed E-state index contributed by atoms with van der Waals surface area (Å²) in [6.45, 7) is 20.3. The topological polar surface area (TPSA) is 141 Å². The van der Waals surface area contributed by atoms with Crippen molar-refractivity contribution in [2.75, 3.05) is 7.11 Å². The molecule has 6 aromatic rings. The quantitative estimate of drug-likeness (QED) is 0.107. The van der Waals surface area contributed by atoms with E-state index in [4.69, 9.17) is 32.9 Å². The second-order valence-electron chi connectivity index (χ2n) is 19.4. The van der Waals surface area contributed by atoms with Crippen LogP contribution in [0.3, 0.4) is 0 Å². The Balaban J connectivity index is 0.000000244. The second-order valence-corrected chi connectivity index (χ2v) is 20.2. The van der Waals surface area contributed by atoms with Crippen LogP contribution < -0.4 is 10.4 Å². The highest BCUT2D eigenvalue weighted by Crippen LogP contribution is 2.31. The molecule has 0 aliphatic rings. The summed E-state index contributed by atoms with van der Waals surface area (Å²) in [4.78, 5) is 61.9. The van der Waals surface area contributed by atoms with Gasteiger partial charge in [0.25, 0.3) is 0 Å². The number of halogens is 2. The first-order valence-electron chi connectivity index (χ1n) is 22.2. The van der Waals surface area contributed by atoms with Crippen LogP contribution >= 0.6 is 23.2 Å². The van der Waals surface area contributed by atoms with Crippen LogP contribution in [0.4, 0.5) is 0 Å². The minimum atomic E-state index is -0.486. The van der Waals surface area contributed by atoms with Gasteiger partial charge in [-0.2, -0.15) is 15.0 Å². The molecule has 12 heteroatoms. The molecular formula is C53H62Cl2N6O4. The van der Waals surface area contributed by atoms with E-state index in [9.17, 15) is 14.4 Å². The van der Waals surface area contributed by atoms with E-state index in [-0.39, 0.29) is 28.4 Å². The van der Waals surface area contributed by atoms with Crippen molar-refractivity contribution in [1.82, 2.24) is 29.9 Å². The number of carbonyl (C=O) groups is 2. The van der Waals surface area contributed by atoms with Gasteiger partial charge in [-0.1, -0.05) is 153 Å². The first kappa shape index (κ1) is 50.4. The Hall–Kier alpha value is -5.58. The molecule has 1 N–H and O–H groups in total. The van der Waals surface area contributed by atoms with Crippen LogP contribution in [-0.4, -0.2) is 48.6 Å². The van der Waals surface area contributed by atoms with Gasteiger partial charge in [0.2, 0.25) is 0 Å². The number of hydrogen-bond donors (Lipinski definition) is 1. The number of nitrogens with one attached hydrogen (secondary N) is 1. The SMILES string of the molecule is CC(C)Cc1ccc(-c2nc(-c3cc(CCC(=O)C(C)(C)C)ccc3Cl)[nH]c(=O)n2)cc1.COc1nc(-c2ccc(CC(C)C)cc2)nc(-c2cc(CCC(=O)C(C)(C)C)ccc2Cl)n1. The maximum absolute atomic E-state index is 12.4. The third-order valence-electron chi connectivity index (χ3n) is 10.7. The molecule has 0 fully saturated rings. The van der Waals surface area contributed by atoms with Crippen LogP contribution in [0, 0.1) is 22.7 Å². The Morgan fingerprint density at radius 3 is 1.43 bits per heavy atom. The summed E-state index contributed by atoms with van der Waals surface area (Å²) in [6.07, 6.45) is 4.15. The van der Waals surface area contributed by atoms with E-state index in [1.807, 2.05) is 108 Å². The largest absolute Gasteiger partial charge is 0.467 e. The zero-order valence-corrected chi connectivity index (χ0v) is 41.1. The number of aryl methyl sites for hydroxylation is 2. The maximum atomic E-state index is 12.4. The second kappa shape index (κ2) is 22.1. The lowest BCUT2D eigenvalue weighted by Crippen LogP contribution is -2.20. The predicted molar refractivity (Wildman–Crippen MR) is 263 cm³/mol. The molecule has 6 rings (SSSR count). The lowest BCUT2D eigenvalue weighted by molar-refractivity contribution is -0.126. The van der Waals surface area contributed by atoms with Crippen LogP contribution in [0.25, 0.3) is 45.6 Å². The van der Waals surface area contributed by atoms with Gasteiger partial charge in [-0.15, -0.1) is 0 Å². The Morgan fingerprint density at radius 2 is 0.985 bits per heavy atom. The minimum absolute atomic E-state index is 0.202. The number of aromatic amines is 1. The third kappa shape index (κ3) is 14.7. The molecule has 4 aromatic carbocycles. The molecule has 0 aliphatic carbocycles. The number of ether oxygens (including phenoxy) is 1. The van der Waals surface area contributed by atoms with Crippen LogP contribution in [0.15, 0.2) is 89.7 Å². The maximum Gasteiger partial charge on any atom is 0.348 e. The van der Waals surface area contributed by atoms with Crippen molar-refractivity contribution < 1.29 is 14.3 Å². The van der Waals surface area contributed by atoms with Crippen molar-refractivity contribution in [2.45, 2.75) is 108 Å². The highest BCUT2D eigenvalue weighted by atomic mass is 35.5. The number of carbonyl (C=O) groups excluding carboxylic acids is 2. The van der Waals surface area contributed by atoms with E-state index in [0.717, 1.165) is 35.1 Å². The van der Waals surface area contributed by atoms with Gasteiger partial charge in [-0.25, -0.2) is 14.8 Å². The lowest BCUT2D eigenvalue weighted by atomic mass is 9.87. The van der Waals surface area contributed by atoms with Crippen molar-refractivity contribution >= 4 is 34.8 Å². The predicted octanol–water partition coefficient (Wildman–Crippen LogP) is 12.5. The summed E-state index contributed by atoms with van der Waals surface area (Å²) in [5.41, 5.74) is 6.22. The number of ketones is 2. The van der Waals surface area contributed by atoms with Gasteiger partial charge in [0, 0.05) is 45.9 Å². The van der Waals surface area contributed by atoms with Gasteiger partial charge in [-0.05, 0) is 84.0 Å². The van der Waals surface area contributed by atoms with Crippen molar-refractivity contribution in [1.29, 1.82) is 0 Å². The Kier molecular flexibility index (Phi) is 17.1. The molecular weight excluding hydrogens is 856 g/mol. The number of H-pyrrole nitrogens is 1. The van der Waals surface area contributed by atoms with E-state index < -0.39 is 5.69 Å². The standard InChI is InChI=1S/C27H32ClN3O2.C26H30ClN3O2/c1-17(2)15-18-7-11-20(12-8-18)24-29-25(31-26(30-24)33-6)21-16-19(9-13-22(21)28)10-14-23(32)27(3,4)5;1-16(2)14-17-6-10-19(11-7-17)23-28-24(30-25(32)29-23)20-15-18(8-12-21(20)27)9-13-22(31)26(3,4)5/h7-9,11-13,16-17H,10,14-15H2,1-6H3;6-8,10-12,15-16H,9,13-14H2,1-5H3,(H,28,29,30,32). The molecule has 2 heterocycles. The summed E-state index contributed by atoms with van der Waals surface area (Å²) in [6, 6.07) is 27.7. The van der Waals surface area contributed by atoms with Crippen LogP contribution in [0.1, 0.15) is 104 Å². The van der Waals surface area contributed by atoms with Gasteiger partial charge in [-0.3, -0.25) is 14.6 Å². The smallest absolute Gasteiger partial charge is 0.348 e. The number of benzene rings is 4. The van der Waals surface area contributed by atoms with Gasteiger partial charge in [0.05, 0.1) is 17.2 Å². The van der Waals surface area contributed by atoms with E-state index >= 15 is 0 Å². The monoisotopic (exact) mass is 916 g/mol. The molecule has 2 aromatic heterocycles. The molecule has 65 heavy (non-hydrogen) atoms. The third-order valence-corrected chi connectivity index (χ3v) is 11.3. The molecule has 0 saturated carbocycles. The lowest BCUT2D eigenvalue weighted by Gasteiger charge is -2.16. The highest BCUT2D eigenvalue weighted by Gasteiger charge is 2.22. The first-order chi connectivity index (χ1) is 30.6. The first-order valence-corrected chi connectivity index (χ1v) is 23.0. The number of nitrogens with zero attached hydrogens (tertiary/aromatic N) is 5. The number of methoxy groups -OCH3 is 1. The Bertz CT molecular complexity index is 2650. The van der Waals surface area contributed by atoms with Gasteiger partial charge in [0.15, 0.2) is 17.5 Å². The molecule has 0 unspecified atom stereocenters. The minimum Gasteiger partial charge on any atom is -0.467 e. The van der Waals surface area contributed by atoms with Gasteiger partial charge < -0.3 is 4.74 Å². The molecule has 10 nitrogen and oxygen atoms in total. The molecule has 0 bridgehead atoms. The van der Waals surface area contributed by atoms with Crippen molar-refractivity contribution in [3.05, 3.63) is 128 Å². The molecule has 0 saturated heterocycles. The van der Waals surface area contributed by atoms with E-state index in [2.05, 4.69) is 64.7 Å². The van der Waals surface area contributed by atoms with Crippen LogP contribution in [-0.2, 0) is 35.3 Å². The zero-order chi connectivity index (χ0) is 47.6. The molecule has 0 spiro atoms. The average molecular weight is 918 g/mol. The summed E-state index contributed by atoms with van der Waals surface area (Å²) in [5.74, 6) is 3.26.